The van der Waals surface area contributed by atoms with Crippen molar-refractivity contribution in [2.24, 2.45) is 14.1 Å². The summed E-state index contributed by atoms with van der Waals surface area (Å²) in [5.74, 6) is -0.106. The molecule has 0 aliphatic rings. The van der Waals surface area contributed by atoms with Gasteiger partial charge in [0.1, 0.15) is 0 Å². The first kappa shape index (κ1) is 54.8. The van der Waals surface area contributed by atoms with Gasteiger partial charge in [0.05, 0.1) is 11.1 Å². The van der Waals surface area contributed by atoms with Crippen molar-refractivity contribution >= 4 is 17.2 Å². The van der Waals surface area contributed by atoms with E-state index in [-0.39, 0.29) is 94.3 Å². The number of nitrogens with zero attached hydrogens (tertiary/aromatic N) is 5. The zero-order valence-electron chi connectivity index (χ0n) is 27.5. The number of aryl methyl sites for hydroxylation is 3. The van der Waals surface area contributed by atoms with Gasteiger partial charge in [-0.1, -0.05) is 46.6 Å². The predicted octanol–water partition coefficient (Wildman–Crippen LogP) is 5.94. The first-order valence-corrected chi connectivity index (χ1v) is 12.9. The number of aromatic nitrogens is 3. The van der Waals surface area contributed by atoms with E-state index in [2.05, 4.69) is 60.4 Å². The molecule has 3 heterocycles. The molecule has 0 unspecified atom stereocenters. The van der Waals surface area contributed by atoms with E-state index in [9.17, 15) is 34.6 Å². The van der Waals surface area contributed by atoms with Gasteiger partial charge in [0.2, 0.25) is 11.2 Å². The Bertz CT molecular complexity index is 1360. The summed E-state index contributed by atoms with van der Waals surface area (Å²) < 4.78 is 2.73. The Morgan fingerprint density at radius 1 is 0.933 bits per heavy atom. The zero-order valence-corrected chi connectivity index (χ0v) is 33.2. The Morgan fingerprint density at radius 2 is 1.40 bits per heavy atom. The second-order valence-corrected chi connectivity index (χ2v) is 8.48. The van der Waals surface area contributed by atoms with Gasteiger partial charge in [-0.25, -0.2) is 5.69 Å². The fraction of sp³-hybridized carbons (Fsp3) is 0.333. The van der Waals surface area contributed by atoms with Crippen molar-refractivity contribution in [3.8, 4) is 0 Å². The third kappa shape index (κ3) is 28.5. The molecule has 13 nitrogen and oxygen atoms in total. The van der Waals surface area contributed by atoms with Crippen molar-refractivity contribution < 1.29 is 80.1 Å². The third-order valence-electron chi connectivity index (χ3n) is 4.04. The number of ketones is 1. The van der Waals surface area contributed by atoms with Crippen LogP contribution in [0.3, 0.4) is 0 Å². The molecule has 0 aliphatic carbocycles. The van der Waals surface area contributed by atoms with Gasteiger partial charge in [0.25, 0.3) is 0 Å². The Labute approximate surface area is 317 Å². The average Bonchev–Trinajstić information content (AvgIpc) is 2.91. The normalized spacial score (nSPS) is 8.18. The van der Waals surface area contributed by atoms with E-state index in [1.807, 2.05) is 6.07 Å². The number of rotatable bonds is 3. The van der Waals surface area contributed by atoms with E-state index in [1.54, 1.807) is 32.4 Å². The fourth-order valence-corrected chi connectivity index (χ4v) is 2.12. The monoisotopic (exact) mass is 780 g/mol. The molecule has 0 aromatic carbocycles. The predicted molar refractivity (Wildman–Crippen MR) is 172 cm³/mol. The molecule has 0 amide bonds. The van der Waals surface area contributed by atoms with Crippen molar-refractivity contribution in [3.63, 3.8) is 0 Å². The van der Waals surface area contributed by atoms with E-state index < -0.39 is 15.4 Å². The summed E-state index contributed by atoms with van der Waals surface area (Å²) in [6.07, 6.45) is 7.24. The van der Waals surface area contributed by atoms with Crippen molar-refractivity contribution in [1.29, 1.82) is 0 Å². The van der Waals surface area contributed by atoms with Crippen LogP contribution in [0.1, 0.15) is 63.8 Å². The van der Waals surface area contributed by atoms with E-state index in [1.165, 1.54) is 47.2 Å². The molecule has 0 atom stereocenters. The maximum atomic E-state index is 11.1. The van der Waals surface area contributed by atoms with Crippen LogP contribution in [0.25, 0.3) is 0 Å². The molecule has 0 saturated carbocycles. The van der Waals surface area contributed by atoms with Crippen LogP contribution < -0.4 is 17.3 Å². The second-order valence-electron chi connectivity index (χ2n) is 8.48. The van der Waals surface area contributed by atoms with Gasteiger partial charge in [-0.3, -0.25) is 43.7 Å². The first-order valence-electron chi connectivity index (χ1n) is 12.9. The first-order chi connectivity index (χ1) is 19.5. The SMILES string of the molecule is CCC.CCC.Cc1cc([N+](=O)[O-])c(=O)n(C)c1.Cn1ccccc1=O.N.[CH2-]CC([CH2-])=O.[CH2-]c1cc([N+](=O)[O-])cnc1[CH2-].[Y].[Y]. The fourth-order valence-electron chi connectivity index (χ4n) is 2.12. The van der Waals surface area contributed by atoms with Crippen LogP contribution in [-0.2, 0) is 84.3 Å². The van der Waals surface area contributed by atoms with Gasteiger partial charge >= 0.3 is 11.2 Å². The standard InChI is InChI=1S/C7H8N2O3.C7H6N2O2.C6H7NO.C4H6O.2C3H8.H3N.2Y/c1-5-3-6(9(11)12)7(10)8(2)4-5;1-5-3-7(9(10)11)4-8-6(5)2;1-7-5-3-2-4-6(7)8;1-3-4(2)5;2*1-3-2;;;/h3-4H,1-2H3;3-4H,1-2H2;2-5H,1H3;1-3H2;2*3H2,1-2H3;1H3;;/q;-2;;-2;;;;;. The summed E-state index contributed by atoms with van der Waals surface area (Å²) in [5.41, 5.74) is 0.677. The van der Waals surface area contributed by atoms with Crippen molar-refractivity contribution in [1.82, 2.24) is 20.3 Å². The molecule has 45 heavy (non-hydrogen) atoms. The topological polar surface area (TPSA) is 195 Å². The molecule has 0 spiro atoms. The Morgan fingerprint density at radius 3 is 1.71 bits per heavy atom. The van der Waals surface area contributed by atoms with Crippen molar-refractivity contribution in [3.05, 3.63) is 134 Å². The van der Waals surface area contributed by atoms with Gasteiger partial charge in [0.15, 0.2) is 0 Å². The molecule has 3 aromatic rings. The smallest absolute Gasteiger partial charge is 0.334 e. The third-order valence-corrected chi connectivity index (χ3v) is 4.04. The van der Waals surface area contributed by atoms with Gasteiger partial charge < -0.3 is 44.5 Å². The van der Waals surface area contributed by atoms with Crippen LogP contribution in [0, 0.1) is 54.8 Å². The molecule has 248 valence electrons. The van der Waals surface area contributed by atoms with Gasteiger partial charge in [0, 0.05) is 109 Å². The Kier molecular flexibility index (Phi) is 39.8. The summed E-state index contributed by atoms with van der Waals surface area (Å²) in [6.45, 7) is 23.6. The molecule has 0 bridgehead atoms. The summed E-state index contributed by atoms with van der Waals surface area (Å²) in [7, 11) is 3.21. The van der Waals surface area contributed by atoms with Gasteiger partial charge in [-0.05, 0) is 24.3 Å². The molecular formula is C30H46N6O7Y2-4. The maximum Gasteiger partial charge on any atom is 0.334 e. The Hall–Kier alpha value is -2.70. The Balaban J connectivity index is -0.000000107. The van der Waals surface area contributed by atoms with E-state index in [4.69, 9.17) is 0 Å². The van der Waals surface area contributed by atoms with Crippen LogP contribution >= 0.6 is 0 Å². The molecular weight excluding hydrogens is 734 g/mol. The van der Waals surface area contributed by atoms with Crippen LogP contribution in [-0.4, -0.2) is 29.7 Å². The molecule has 0 saturated heterocycles. The summed E-state index contributed by atoms with van der Waals surface area (Å²) in [5, 5.41) is 20.5. The molecule has 0 fully saturated rings. The summed E-state index contributed by atoms with van der Waals surface area (Å²) in [6, 6.07) is 7.68. The van der Waals surface area contributed by atoms with E-state index in [0.29, 0.717) is 23.2 Å². The molecule has 0 aliphatic heterocycles. The number of hydrogen-bond acceptors (Lipinski definition) is 9. The quantitative estimate of drug-likeness (QED) is 0.190. The van der Waals surface area contributed by atoms with Crippen molar-refractivity contribution in [2.45, 2.75) is 53.9 Å². The largest absolute Gasteiger partial charge is 0.353 e. The van der Waals surface area contributed by atoms with Crippen LogP contribution in [0.2, 0.25) is 0 Å². The number of hydrogen-bond donors (Lipinski definition) is 1. The zero-order chi connectivity index (χ0) is 33.4. The van der Waals surface area contributed by atoms with Crippen molar-refractivity contribution in [2.75, 3.05) is 0 Å². The van der Waals surface area contributed by atoms with Crippen LogP contribution in [0.5, 0.6) is 0 Å². The number of carbonyl (C=O) groups excluding carboxylic acids is 1. The number of nitro groups is 2. The minimum Gasteiger partial charge on any atom is -0.353 e. The molecule has 2 radical (unpaired) electrons. The number of Topliss-reactive ketones (excluding diaryl/α,β-unsaturated/α-hetero) is 1. The van der Waals surface area contributed by atoms with E-state index >= 15 is 0 Å². The van der Waals surface area contributed by atoms with E-state index in [0.717, 1.165) is 6.20 Å². The van der Waals surface area contributed by atoms with Gasteiger partial charge in [-0.15, -0.1) is 0 Å². The molecule has 3 rings (SSSR count). The minimum absolute atomic E-state index is 0. The average molecular weight is 781 g/mol. The minimum atomic E-state index is -0.671. The summed E-state index contributed by atoms with van der Waals surface area (Å²) in [4.78, 5) is 54.3. The van der Waals surface area contributed by atoms with Crippen LogP contribution in [0.15, 0.2) is 58.5 Å². The maximum absolute atomic E-state index is 11.1. The molecule has 15 heteroatoms. The van der Waals surface area contributed by atoms with Gasteiger partial charge in [-0.2, -0.15) is 12.5 Å². The number of carbonyl (C=O) groups is 1. The second kappa shape index (κ2) is 32.7. The van der Waals surface area contributed by atoms with Crippen LogP contribution in [0.4, 0.5) is 11.4 Å². The number of pyridine rings is 3. The molecule has 3 N–H and O–H groups in total. The summed E-state index contributed by atoms with van der Waals surface area (Å²) >= 11 is 0. The molecule has 3 aromatic heterocycles.